The standard InChI is InChI=1S/C10H12N2O/c1-4-7-6-9(11-3)10(13)12-8(7)5-2/h4-6,11H,1-2H2,3H3,(H,12,13). The predicted octanol–water partition coefficient (Wildman–Crippen LogP) is 1.70. The van der Waals surface area contributed by atoms with E-state index in [1.807, 2.05) is 0 Å². The number of hydrogen-bond acceptors (Lipinski definition) is 2. The molecule has 0 aliphatic heterocycles. The van der Waals surface area contributed by atoms with Crippen molar-refractivity contribution in [1.29, 1.82) is 0 Å². The smallest absolute Gasteiger partial charge is 0.271 e. The van der Waals surface area contributed by atoms with Gasteiger partial charge in [0.1, 0.15) is 5.69 Å². The Labute approximate surface area is 76.8 Å². The van der Waals surface area contributed by atoms with Crippen molar-refractivity contribution in [3.8, 4) is 0 Å². The fraction of sp³-hybridized carbons (Fsp3) is 0.100. The Hall–Kier alpha value is -1.77. The molecule has 68 valence electrons. The molecule has 2 N–H and O–H groups in total. The molecule has 3 heteroatoms. The lowest BCUT2D eigenvalue weighted by Gasteiger charge is -2.03. The second-order valence-corrected chi connectivity index (χ2v) is 2.54. The van der Waals surface area contributed by atoms with Crippen molar-refractivity contribution < 1.29 is 0 Å². The summed E-state index contributed by atoms with van der Waals surface area (Å²) in [6, 6.07) is 1.74. The van der Waals surface area contributed by atoms with Crippen molar-refractivity contribution >= 4 is 17.8 Å². The summed E-state index contributed by atoms with van der Waals surface area (Å²) in [5.74, 6) is 0. The van der Waals surface area contributed by atoms with Gasteiger partial charge < -0.3 is 10.3 Å². The van der Waals surface area contributed by atoms with Gasteiger partial charge in [0.25, 0.3) is 5.56 Å². The predicted molar refractivity (Wildman–Crippen MR) is 56.8 cm³/mol. The van der Waals surface area contributed by atoms with Gasteiger partial charge in [0.05, 0.1) is 0 Å². The normalized spacial score (nSPS) is 9.31. The van der Waals surface area contributed by atoms with Crippen LogP contribution >= 0.6 is 0 Å². The SMILES string of the molecule is C=Cc1cc(NC)c(=O)[nH]c1C=C. The number of rotatable bonds is 3. The molecule has 3 nitrogen and oxygen atoms in total. The molecule has 0 aliphatic carbocycles. The highest BCUT2D eigenvalue weighted by molar-refractivity contribution is 5.64. The Balaban J connectivity index is 3.43. The number of nitrogens with one attached hydrogen (secondary N) is 2. The van der Waals surface area contributed by atoms with Crippen molar-refractivity contribution in [2.24, 2.45) is 0 Å². The second-order valence-electron chi connectivity index (χ2n) is 2.54. The Kier molecular flexibility index (Phi) is 2.69. The van der Waals surface area contributed by atoms with E-state index in [1.165, 1.54) is 0 Å². The van der Waals surface area contributed by atoms with Gasteiger partial charge in [0, 0.05) is 12.7 Å². The third-order valence-corrected chi connectivity index (χ3v) is 1.80. The van der Waals surface area contributed by atoms with Crippen LogP contribution in [-0.2, 0) is 0 Å². The van der Waals surface area contributed by atoms with E-state index in [1.54, 1.807) is 25.3 Å². The highest BCUT2D eigenvalue weighted by atomic mass is 16.1. The molecule has 0 aromatic carbocycles. The van der Waals surface area contributed by atoms with Crippen LogP contribution < -0.4 is 10.9 Å². The average Bonchev–Trinajstić information content (AvgIpc) is 2.17. The van der Waals surface area contributed by atoms with Crippen molar-refractivity contribution in [2.75, 3.05) is 12.4 Å². The quantitative estimate of drug-likeness (QED) is 0.736. The summed E-state index contributed by atoms with van der Waals surface area (Å²) in [7, 11) is 1.70. The molecule has 0 spiro atoms. The lowest BCUT2D eigenvalue weighted by Crippen LogP contribution is -2.13. The minimum atomic E-state index is -0.150. The number of aromatic amines is 1. The van der Waals surface area contributed by atoms with Crippen LogP contribution in [0.4, 0.5) is 5.69 Å². The van der Waals surface area contributed by atoms with E-state index in [0.29, 0.717) is 11.4 Å². The summed E-state index contributed by atoms with van der Waals surface area (Å²) in [6.07, 6.45) is 3.27. The van der Waals surface area contributed by atoms with E-state index in [0.717, 1.165) is 5.56 Å². The van der Waals surface area contributed by atoms with E-state index < -0.39 is 0 Å². The van der Waals surface area contributed by atoms with Crippen molar-refractivity contribution in [3.63, 3.8) is 0 Å². The van der Waals surface area contributed by atoms with Crippen LogP contribution in [0.2, 0.25) is 0 Å². The summed E-state index contributed by atoms with van der Waals surface area (Å²) in [6.45, 7) is 7.24. The monoisotopic (exact) mass is 176 g/mol. The van der Waals surface area contributed by atoms with Gasteiger partial charge in [0.15, 0.2) is 0 Å². The molecule has 1 aromatic rings. The molecule has 0 aliphatic rings. The van der Waals surface area contributed by atoms with Gasteiger partial charge in [-0.3, -0.25) is 4.79 Å². The zero-order chi connectivity index (χ0) is 9.84. The maximum absolute atomic E-state index is 11.3. The molecular formula is C10H12N2O. The van der Waals surface area contributed by atoms with Crippen LogP contribution in [0.1, 0.15) is 11.3 Å². The van der Waals surface area contributed by atoms with Crippen molar-refractivity contribution in [2.45, 2.75) is 0 Å². The number of pyridine rings is 1. The molecule has 0 radical (unpaired) electrons. The number of H-pyrrole nitrogens is 1. The zero-order valence-electron chi connectivity index (χ0n) is 7.55. The molecular weight excluding hydrogens is 164 g/mol. The minimum absolute atomic E-state index is 0.150. The third kappa shape index (κ3) is 1.69. The number of hydrogen-bond donors (Lipinski definition) is 2. The fourth-order valence-electron chi connectivity index (χ4n) is 1.08. The Bertz CT molecular complexity index is 390. The Morgan fingerprint density at radius 2 is 2.15 bits per heavy atom. The molecule has 1 rings (SSSR count). The zero-order valence-corrected chi connectivity index (χ0v) is 7.55. The van der Waals surface area contributed by atoms with Crippen molar-refractivity contribution in [3.05, 3.63) is 40.8 Å². The van der Waals surface area contributed by atoms with Crippen LogP contribution in [0.25, 0.3) is 12.2 Å². The van der Waals surface area contributed by atoms with E-state index in [2.05, 4.69) is 23.5 Å². The molecule has 1 aromatic heterocycles. The minimum Gasteiger partial charge on any atom is -0.384 e. The molecule has 0 saturated carbocycles. The molecule has 1 heterocycles. The first-order valence-electron chi connectivity index (χ1n) is 3.93. The van der Waals surface area contributed by atoms with E-state index >= 15 is 0 Å². The summed E-state index contributed by atoms with van der Waals surface area (Å²) >= 11 is 0. The maximum atomic E-state index is 11.3. The van der Waals surface area contributed by atoms with Crippen LogP contribution in [0.15, 0.2) is 24.0 Å². The van der Waals surface area contributed by atoms with Crippen LogP contribution in [-0.4, -0.2) is 12.0 Å². The first-order valence-corrected chi connectivity index (χ1v) is 3.93. The topological polar surface area (TPSA) is 44.9 Å². The van der Waals surface area contributed by atoms with E-state index in [-0.39, 0.29) is 5.56 Å². The summed E-state index contributed by atoms with van der Waals surface area (Å²) in [5.41, 5.74) is 1.93. The highest BCUT2D eigenvalue weighted by Crippen LogP contribution is 2.10. The summed E-state index contributed by atoms with van der Waals surface area (Å²) < 4.78 is 0. The van der Waals surface area contributed by atoms with Gasteiger partial charge in [-0.15, -0.1) is 0 Å². The first kappa shape index (κ1) is 9.32. The summed E-state index contributed by atoms with van der Waals surface area (Å²) in [4.78, 5) is 14.0. The number of aromatic nitrogens is 1. The molecule has 0 amide bonds. The molecule has 0 fully saturated rings. The van der Waals surface area contributed by atoms with Gasteiger partial charge >= 0.3 is 0 Å². The Morgan fingerprint density at radius 1 is 1.46 bits per heavy atom. The first-order chi connectivity index (χ1) is 6.22. The largest absolute Gasteiger partial charge is 0.384 e. The average molecular weight is 176 g/mol. The number of anilines is 1. The molecule has 13 heavy (non-hydrogen) atoms. The van der Waals surface area contributed by atoms with Gasteiger partial charge in [0.2, 0.25) is 0 Å². The van der Waals surface area contributed by atoms with Gasteiger partial charge in [-0.2, -0.15) is 0 Å². The third-order valence-electron chi connectivity index (χ3n) is 1.80. The van der Waals surface area contributed by atoms with Crippen LogP contribution in [0.5, 0.6) is 0 Å². The molecule has 0 atom stereocenters. The summed E-state index contributed by atoms with van der Waals surface area (Å²) in [5, 5.41) is 2.80. The van der Waals surface area contributed by atoms with Gasteiger partial charge in [-0.05, 0) is 17.7 Å². The maximum Gasteiger partial charge on any atom is 0.271 e. The molecule has 0 unspecified atom stereocenters. The molecule has 0 bridgehead atoms. The van der Waals surface area contributed by atoms with Crippen molar-refractivity contribution in [1.82, 2.24) is 4.98 Å². The molecule has 0 saturated heterocycles. The van der Waals surface area contributed by atoms with E-state index in [4.69, 9.17) is 0 Å². The fourth-order valence-corrected chi connectivity index (χ4v) is 1.08. The van der Waals surface area contributed by atoms with Gasteiger partial charge in [-0.1, -0.05) is 19.2 Å². The van der Waals surface area contributed by atoms with Crippen LogP contribution in [0.3, 0.4) is 0 Å². The van der Waals surface area contributed by atoms with Gasteiger partial charge in [-0.25, -0.2) is 0 Å². The van der Waals surface area contributed by atoms with E-state index in [9.17, 15) is 4.79 Å². The Morgan fingerprint density at radius 3 is 2.62 bits per heavy atom. The second kappa shape index (κ2) is 3.76. The lowest BCUT2D eigenvalue weighted by atomic mass is 10.2. The lowest BCUT2D eigenvalue weighted by molar-refractivity contribution is 1.20. The van der Waals surface area contributed by atoms with Crippen LogP contribution in [0, 0.1) is 0 Å². The highest BCUT2D eigenvalue weighted by Gasteiger charge is 2.01.